The first-order valence-electron chi connectivity index (χ1n) is 2.59. The zero-order chi connectivity index (χ0) is 6.41. The van der Waals surface area contributed by atoms with Crippen LogP contribution >= 0.6 is 0 Å². The zero-order valence-electron chi connectivity index (χ0n) is 5.13. The van der Waals surface area contributed by atoms with E-state index >= 15 is 0 Å². The fourth-order valence-corrected chi connectivity index (χ4v) is 0.310. The molecule has 0 aliphatic rings. The van der Waals surface area contributed by atoms with Crippen molar-refractivity contribution < 1.29 is 27.4 Å². The molecule has 0 rings (SSSR count). The first kappa shape index (κ1) is 11.7. The predicted molar refractivity (Wildman–Crippen MR) is 30.1 cm³/mol. The van der Waals surface area contributed by atoms with E-state index in [0.717, 1.165) is 12.8 Å². The minimum Gasteiger partial charge on any atom is -0.379 e. The van der Waals surface area contributed by atoms with Crippen LogP contribution in [0.2, 0.25) is 0 Å². The van der Waals surface area contributed by atoms with Crippen molar-refractivity contribution in [1.82, 2.24) is 0 Å². The number of hydrogen-bond donors (Lipinski definition) is 0. The molecule has 0 radical (unpaired) electrons. The van der Waals surface area contributed by atoms with Crippen molar-refractivity contribution in [1.29, 1.82) is 0 Å². The van der Waals surface area contributed by atoms with Crippen molar-refractivity contribution >= 4 is 0 Å². The first-order valence-corrected chi connectivity index (χ1v) is 2.59. The molecule has 0 aromatic rings. The maximum absolute atomic E-state index is 9.51. The van der Waals surface area contributed by atoms with Crippen LogP contribution in [0.4, 0.5) is 0 Å². The smallest absolute Gasteiger partial charge is 0.379 e. The summed E-state index contributed by atoms with van der Waals surface area (Å²) >= 11 is 0. The van der Waals surface area contributed by atoms with Gasteiger partial charge in [-0.05, 0) is 5.03 Å². The molecular weight excluding hydrogens is 216 g/mol. The van der Waals surface area contributed by atoms with Gasteiger partial charge in [0.1, 0.15) is 0 Å². The summed E-state index contributed by atoms with van der Waals surface area (Å²) in [6.45, 7) is 2.32. The van der Waals surface area contributed by atoms with Crippen LogP contribution in [-0.2, 0) is 22.4 Å². The van der Waals surface area contributed by atoms with Gasteiger partial charge in [0.15, 0.2) is 0 Å². The van der Waals surface area contributed by atoms with Crippen molar-refractivity contribution in [3.63, 3.8) is 0 Å². The Morgan fingerprint density at radius 3 is 2.56 bits per heavy atom. The van der Waals surface area contributed by atoms with Crippen LogP contribution in [0.1, 0.15) is 19.8 Å². The van der Waals surface area contributed by atoms with Gasteiger partial charge in [0.2, 0.25) is 0 Å². The summed E-state index contributed by atoms with van der Waals surface area (Å²) in [4.78, 5) is 9.51. The minimum atomic E-state index is -0.643. The molecule has 0 spiro atoms. The van der Waals surface area contributed by atoms with E-state index < -0.39 is 5.03 Å². The van der Waals surface area contributed by atoms with E-state index in [1.807, 2.05) is 6.92 Å². The molecule has 0 aromatic heterocycles. The Kier molecular flexibility index (Phi) is 10.3. The Labute approximate surface area is 69.6 Å². The van der Waals surface area contributed by atoms with Gasteiger partial charge < -0.3 is 5.43 Å². The molecule has 9 heavy (non-hydrogen) atoms. The molecule has 0 atom stereocenters. The van der Waals surface area contributed by atoms with E-state index in [9.17, 15) is 10.1 Å². The van der Waals surface area contributed by atoms with E-state index in [4.69, 9.17) is 0 Å². The van der Waals surface area contributed by atoms with Crippen LogP contribution in [0.5, 0.6) is 0 Å². The summed E-state index contributed by atoms with van der Waals surface area (Å²) < 4.78 is 0. The normalized spacial score (nSPS) is 7.67. The summed E-state index contributed by atoms with van der Waals surface area (Å²) in [5, 5.41) is 8.87. The Bertz CT molecular complexity index is 79.0. The minimum absolute atomic E-state index is 0. The molecule has 0 saturated carbocycles. The molecule has 0 unspecified atom stereocenters. The molecular formula is C4H9AgN2O2. The summed E-state index contributed by atoms with van der Waals surface area (Å²) in [6, 6.07) is 0. The van der Waals surface area contributed by atoms with Crippen LogP contribution < -0.4 is 0 Å². The molecule has 58 valence electrons. The number of unbranched alkanes of at least 4 members (excludes halogenated alkanes) is 1. The van der Waals surface area contributed by atoms with Crippen molar-refractivity contribution in [2.24, 2.45) is 0 Å². The van der Waals surface area contributed by atoms with Crippen LogP contribution in [0.25, 0.3) is 5.43 Å². The van der Waals surface area contributed by atoms with Crippen LogP contribution in [0, 0.1) is 10.1 Å². The summed E-state index contributed by atoms with van der Waals surface area (Å²) in [7, 11) is 0. The molecule has 0 amide bonds. The third kappa shape index (κ3) is 11.5. The van der Waals surface area contributed by atoms with Gasteiger partial charge in [-0.15, -0.1) is 0 Å². The van der Waals surface area contributed by atoms with Crippen LogP contribution in [0.3, 0.4) is 0 Å². The largest absolute Gasteiger partial charge is 1.00 e. The Balaban J connectivity index is 0. The Morgan fingerprint density at radius 1 is 1.67 bits per heavy atom. The molecule has 0 aliphatic heterocycles. The van der Waals surface area contributed by atoms with Gasteiger partial charge in [-0.25, -0.2) is 0 Å². The quantitative estimate of drug-likeness (QED) is 0.314. The molecule has 0 bridgehead atoms. The summed E-state index contributed by atoms with van der Waals surface area (Å²) in [5.74, 6) is 0. The fourth-order valence-electron chi connectivity index (χ4n) is 0.310. The van der Waals surface area contributed by atoms with E-state index in [0.29, 0.717) is 6.54 Å². The van der Waals surface area contributed by atoms with E-state index in [1.54, 1.807) is 0 Å². The standard InChI is InChI=1S/C4H9N2O2.Ag/c1-2-3-4-5-6(7)8;/h2-4H2,1H3;/q-1;+1. The average Bonchev–Trinajstić information content (AvgIpc) is 1.66. The van der Waals surface area contributed by atoms with Gasteiger partial charge in [-0.1, -0.05) is 26.3 Å². The van der Waals surface area contributed by atoms with Gasteiger partial charge in [-0.2, -0.15) is 0 Å². The molecule has 0 aromatic carbocycles. The van der Waals surface area contributed by atoms with Crippen molar-refractivity contribution in [3.8, 4) is 0 Å². The van der Waals surface area contributed by atoms with Crippen molar-refractivity contribution in [3.05, 3.63) is 15.5 Å². The van der Waals surface area contributed by atoms with Gasteiger partial charge >= 0.3 is 22.4 Å². The second-order valence-corrected chi connectivity index (χ2v) is 1.46. The Morgan fingerprint density at radius 2 is 2.22 bits per heavy atom. The van der Waals surface area contributed by atoms with Crippen LogP contribution in [-0.4, -0.2) is 11.6 Å². The molecule has 4 nitrogen and oxygen atoms in total. The summed E-state index contributed by atoms with van der Waals surface area (Å²) in [5.41, 5.74) is 3.04. The SMILES string of the molecule is CCCC[N-][N+](=O)[O-].[Ag+]. The molecule has 5 heteroatoms. The zero-order valence-corrected chi connectivity index (χ0v) is 6.62. The monoisotopic (exact) mass is 224 g/mol. The predicted octanol–water partition coefficient (Wildman–Crippen LogP) is 1.35. The maximum atomic E-state index is 9.51. The van der Waals surface area contributed by atoms with Crippen LogP contribution in [0.15, 0.2) is 0 Å². The van der Waals surface area contributed by atoms with E-state index in [-0.39, 0.29) is 22.4 Å². The molecule has 0 heterocycles. The van der Waals surface area contributed by atoms with Gasteiger partial charge in [0.05, 0.1) is 0 Å². The first-order chi connectivity index (χ1) is 3.77. The van der Waals surface area contributed by atoms with E-state index in [2.05, 4.69) is 5.43 Å². The van der Waals surface area contributed by atoms with Gasteiger partial charge in [0.25, 0.3) is 0 Å². The average molecular weight is 225 g/mol. The number of hydrogen-bond acceptors (Lipinski definition) is 2. The molecule has 0 saturated heterocycles. The third-order valence-corrected chi connectivity index (χ3v) is 0.727. The number of nitro groups is 1. The van der Waals surface area contributed by atoms with E-state index in [1.165, 1.54) is 0 Å². The maximum Gasteiger partial charge on any atom is 1.00 e. The van der Waals surface area contributed by atoms with Gasteiger partial charge in [0, 0.05) is 0 Å². The van der Waals surface area contributed by atoms with Gasteiger partial charge in [-0.3, -0.25) is 10.1 Å². The summed E-state index contributed by atoms with van der Waals surface area (Å²) in [6.07, 6.45) is 1.76. The third-order valence-electron chi connectivity index (χ3n) is 0.727. The molecule has 0 fully saturated rings. The topological polar surface area (TPSA) is 57.2 Å². The Hall–Kier alpha value is -0.0597. The second-order valence-electron chi connectivity index (χ2n) is 1.46. The van der Waals surface area contributed by atoms with Crippen molar-refractivity contribution in [2.75, 3.05) is 6.54 Å². The van der Waals surface area contributed by atoms with Crippen molar-refractivity contribution in [2.45, 2.75) is 19.8 Å². The molecule has 0 N–H and O–H groups in total. The molecule has 0 aliphatic carbocycles. The fraction of sp³-hybridized carbons (Fsp3) is 1.00. The number of rotatable bonds is 4. The second kappa shape index (κ2) is 7.94. The number of nitrogens with zero attached hydrogens (tertiary/aromatic N) is 2.